The lowest BCUT2D eigenvalue weighted by atomic mass is 10.1. The van der Waals surface area contributed by atoms with Crippen molar-refractivity contribution in [3.8, 4) is 0 Å². The Hall–Kier alpha value is -0.810. The molecule has 0 aromatic heterocycles. The van der Waals surface area contributed by atoms with Gasteiger partial charge in [0.05, 0.1) is 0 Å². The minimum absolute atomic E-state index is 0. The number of hydrogen-bond donors (Lipinski definition) is 1. The molecule has 0 spiro atoms. The molecule has 2 fully saturated rings. The van der Waals surface area contributed by atoms with Crippen molar-refractivity contribution >= 4 is 30.7 Å². The summed E-state index contributed by atoms with van der Waals surface area (Å²) in [6.07, 6.45) is 3.39. The molecule has 0 radical (unpaired) electrons. The Balaban J connectivity index is 0.00000169. The topological polar surface area (TPSA) is 35.6 Å². The molecule has 2 unspecified atom stereocenters. The summed E-state index contributed by atoms with van der Waals surface area (Å²) in [5, 5.41) is 3.46. The number of amides is 1. The maximum absolute atomic E-state index is 13.0. The van der Waals surface area contributed by atoms with Crippen LogP contribution in [0.1, 0.15) is 56.0 Å². The Kier molecular flexibility index (Phi) is 9.39. The minimum Gasteiger partial charge on any atom is -0.331 e. The third-order valence-corrected chi connectivity index (χ3v) is 5.61. The molecule has 1 N–H and O–H groups in total. The lowest BCUT2D eigenvalue weighted by molar-refractivity contribution is 0.0680. The summed E-state index contributed by atoms with van der Waals surface area (Å²) in [7, 11) is 0. The van der Waals surface area contributed by atoms with Gasteiger partial charge in [-0.2, -0.15) is 0 Å². The van der Waals surface area contributed by atoms with Gasteiger partial charge in [-0.3, -0.25) is 9.69 Å². The van der Waals surface area contributed by atoms with Crippen molar-refractivity contribution in [3.63, 3.8) is 0 Å². The Bertz CT molecular complexity index is 551. The van der Waals surface area contributed by atoms with Gasteiger partial charge in [-0.1, -0.05) is 19.1 Å². The molecule has 1 amide bonds. The van der Waals surface area contributed by atoms with Crippen molar-refractivity contribution in [2.75, 3.05) is 19.6 Å². The van der Waals surface area contributed by atoms with Crippen molar-refractivity contribution in [2.24, 2.45) is 0 Å². The van der Waals surface area contributed by atoms with Gasteiger partial charge < -0.3 is 10.2 Å². The number of rotatable bonds is 5. The van der Waals surface area contributed by atoms with E-state index in [4.69, 9.17) is 0 Å². The molecule has 26 heavy (non-hydrogen) atoms. The van der Waals surface area contributed by atoms with Crippen LogP contribution in [0.4, 0.5) is 0 Å². The number of hydrogen-bond acceptors (Lipinski definition) is 3. The van der Waals surface area contributed by atoms with E-state index in [-0.39, 0.29) is 30.7 Å². The molecule has 4 nitrogen and oxygen atoms in total. The van der Waals surface area contributed by atoms with Crippen LogP contribution in [0.5, 0.6) is 0 Å². The first-order valence-electron chi connectivity index (χ1n) is 9.46. The predicted molar refractivity (Wildman–Crippen MR) is 113 cm³/mol. The summed E-state index contributed by atoms with van der Waals surface area (Å²) in [4.78, 5) is 17.6. The van der Waals surface area contributed by atoms with Gasteiger partial charge >= 0.3 is 0 Å². The quantitative estimate of drug-likeness (QED) is 0.815. The van der Waals surface area contributed by atoms with Crippen molar-refractivity contribution in [1.29, 1.82) is 0 Å². The third kappa shape index (κ3) is 5.13. The lowest BCUT2D eigenvalue weighted by Crippen LogP contribution is -2.42. The largest absolute Gasteiger partial charge is 0.331 e. The smallest absolute Gasteiger partial charge is 0.254 e. The highest BCUT2D eigenvalue weighted by Crippen LogP contribution is 2.29. The zero-order valence-electron chi connectivity index (χ0n) is 16.1. The summed E-state index contributed by atoms with van der Waals surface area (Å²) in [6.45, 7) is 10.6. The molecule has 0 saturated carbocycles. The van der Waals surface area contributed by atoms with Crippen LogP contribution in [-0.4, -0.2) is 53.5 Å². The predicted octanol–water partition coefficient (Wildman–Crippen LogP) is 3.73. The number of carbonyl (C=O) groups is 1. The molecule has 6 heteroatoms. The van der Waals surface area contributed by atoms with Gasteiger partial charge in [-0.15, -0.1) is 24.8 Å². The van der Waals surface area contributed by atoms with E-state index in [0.29, 0.717) is 18.1 Å². The molecule has 148 valence electrons. The van der Waals surface area contributed by atoms with Gasteiger partial charge in [0.15, 0.2) is 0 Å². The Labute approximate surface area is 170 Å². The molecule has 2 aliphatic heterocycles. The Morgan fingerprint density at radius 1 is 1.15 bits per heavy atom. The second-order valence-corrected chi connectivity index (χ2v) is 7.44. The zero-order valence-corrected chi connectivity index (χ0v) is 17.7. The van der Waals surface area contributed by atoms with Gasteiger partial charge in [-0.25, -0.2) is 0 Å². The van der Waals surface area contributed by atoms with Gasteiger partial charge in [0, 0.05) is 36.8 Å². The summed E-state index contributed by atoms with van der Waals surface area (Å²) in [5.74, 6) is 0.217. The normalized spacial score (nSPS) is 22.0. The van der Waals surface area contributed by atoms with E-state index in [2.05, 4.69) is 48.0 Å². The van der Waals surface area contributed by atoms with E-state index < -0.39 is 0 Å². The van der Waals surface area contributed by atoms with Crippen LogP contribution in [-0.2, 0) is 6.54 Å². The van der Waals surface area contributed by atoms with Crippen LogP contribution >= 0.6 is 24.8 Å². The number of benzene rings is 1. The van der Waals surface area contributed by atoms with E-state index in [1.165, 1.54) is 5.56 Å². The second-order valence-electron chi connectivity index (χ2n) is 7.44. The molecule has 2 saturated heterocycles. The highest BCUT2D eigenvalue weighted by Gasteiger charge is 2.38. The fraction of sp³-hybridized carbons (Fsp3) is 0.650. The number of fused-ring (bicyclic) bond motifs is 2. The number of halogens is 2. The van der Waals surface area contributed by atoms with Crippen LogP contribution in [0, 0.1) is 0 Å². The molecule has 2 atom stereocenters. The second kappa shape index (κ2) is 10.5. The average molecular weight is 402 g/mol. The van der Waals surface area contributed by atoms with Crippen molar-refractivity contribution in [2.45, 2.75) is 64.7 Å². The molecular formula is C20H33Cl2N3O. The number of carbonyl (C=O) groups excluding carboxylic acids is 1. The first-order chi connectivity index (χ1) is 11.6. The fourth-order valence-electron chi connectivity index (χ4n) is 4.11. The summed E-state index contributed by atoms with van der Waals surface area (Å²) in [6, 6.07) is 9.62. The number of nitrogens with one attached hydrogen (secondary N) is 1. The Morgan fingerprint density at radius 3 is 2.42 bits per heavy atom. The van der Waals surface area contributed by atoms with Gasteiger partial charge in [0.25, 0.3) is 5.91 Å². The minimum atomic E-state index is 0. The van der Waals surface area contributed by atoms with Crippen LogP contribution in [0.2, 0.25) is 0 Å². The monoisotopic (exact) mass is 401 g/mol. The zero-order chi connectivity index (χ0) is 17.1. The van der Waals surface area contributed by atoms with Gasteiger partial charge in [0.2, 0.25) is 0 Å². The van der Waals surface area contributed by atoms with E-state index in [1.807, 2.05) is 12.1 Å². The molecule has 3 rings (SSSR count). The molecule has 2 bridgehead atoms. The van der Waals surface area contributed by atoms with E-state index in [9.17, 15) is 4.79 Å². The van der Waals surface area contributed by atoms with Crippen molar-refractivity contribution < 1.29 is 4.79 Å². The van der Waals surface area contributed by atoms with Crippen LogP contribution < -0.4 is 5.32 Å². The molecule has 2 heterocycles. The van der Waals surface area contributed by atoms with E-state index in [1.54, 1.807) is 0 Å². The standard InChI is InChI=1S/C20H31N3O.2ClH/c1-4-22(15(2)3)14-16-5-7-17(8-6-16)20(24)23-18-9-10-19(23)13-21-12-11-18;;/h5-8,15,18-19,21H,4,9-14H2,1-3H3;2*1H. The fourth-order valence-corrected chi connectivity index (χ4v) is 4.11. The average Bonchev–Trinajstić information content (AvgIpc) is 2.85. The SMILES string of the molecule is CCN(Cc1ccc(C(=O)N2C3CCNCC2CC3)cc1)C(C)C.Cl.Cl. The first-order valence-corrected chi connectivity index (χ1v) is 9.46. The van der Waals surface area contributed by atoms with Gasteiger partial charge in [0.1, 0.15) is 0 Å². The molecule has 1 aromatic carbocycles. The molecular weight excluding hydrogens is 369 g/mol. The summed E-state index contributed by atoms with van der Waals surface area (Å²) >= 11 is 0. The van der Waals surface area contributed by atoms with Crippen LogP contribution in [0.25, 0.3) is 0 Å². The molecule has 1 aromatic rings. The molecule has 0 aliphatic carbocycles. The highest BCUT2D eigenvalue weighted by atomic mass is 35.5. The van der Waals surface area contributed by atoms with E-state index >= 15 is 0 Å². The van der Waals surface area contributed by atoms with Gasteiger partial charge in [-0.05, 0) is 63.9 Å². The van der Waals surface area contributed by atoms with Crippen LogP contribution in [0.3, 0.4) is 0 Å². The summed E-state index contributed by atoms with van der Waals surface area (Å²) < 4.78 is 0. The van der Waals surface area contributed by atoms with E-state index in [0.717, 1.165) is 51.0 Å². The lowest BCUT2D eigenvalue weighted by Gasteiger charge is -2.28. The van der Waals surface area contributed by atoms with Crippen molar-refractivity contribution in [3.05, 3.63) is 35.4 Å². The third-order valence-electron chi connectivity index (χ3n) is 5.61. The molecule has 2 aliphatic rings. The highest BCUT2D eigenvalue weighted by molar-refractivity contribution is 5.95. The van der Waals surface area contributed by atoms with Crippen molar-refractivity contribution in [1.82, 2.24) is 15.1 Å². The summed E-state index contributed by atoms with van der Waals surface area (Å²) in [5.41, 5.74) is 2.12. The maximum atomic E-state index is 13.0. The Morgan fingerprint density at radius 2 is 1.81 bits per heavy atom. The first kappa shape index (κ1) is 23.2. The maximum Gasteiger partial charge on any atom is 0.254 e. The number of nitrogens with zero attached hydrogens (tertiary/aromatic N) is 2. The van der Waals surface area contributed by atoms with Crippen LogP contribution in [0.15, 0.2) is 24.3 Å².